The number of pyridine rings is 1. The van der Waals surface area contributed by atoms with Gasteiger partial charge in [0.1, 0.15) is 4.60 Å². The van der Waals surface area contributed by atoms with E-state index >= 15 is 0 Å². The number of halogens is 4. The van der Waals surface area contributed by atoms with Gasteiger partial charge in [-0.2, -0.15) is 0 Å². The summed E-state index contributed by atoms with van der Waals surface area (Å²) < 4.78 is 25.3. The molecule has 0 spiro atoms. The summed E-state index contributed by atoms with van der Waals surface area (Å²) in [4.78, 5) is 3.99. The number of aromatic nitrogens is 1. The normalized spacial score (nSPS) is 10.9. The Morgan fingerprint density at radius 3 is 2.69 bits per heavy atom. The monoisotopic (exact) mass is 269 g/mol. The van der Waals surface area contributed by atoms with Crippen molar-refractivity contribution in [2.45, 2.75) is 19.2 Å². The van der Waals surface area contributed by atoms with Crippen LogP contribution in [-0.4, -0.2) is 4.98 Å². The minimum absolute atomic E-state index is 0.0353. The Morgan fingerprint density at radius 1 is 1.62 bits per heavy atom. The van der Waals surface area contributed by atoms with Crippen molar-refractivity contribution in [3.8, 4) is 0 Å². The van der Waals surface area contributed by atoms with Gasteiger partial charge in [0.05, 0.1) is 5.88 Å². The molecule has 0 saturated heterocycles. The van der Waals surface area contributed by atoms with Crippen LogP contribution in [0.4, 0.5) is 8.78 Å². The van der Waals surface area contributed by atoms with Gasteiger partial charge in [0, 0.05) is 16.8 Å². The van der Waals surface area contributed by atoms with E-state index in [0.29, 0.717) is 15.9 Å². The minimum Gasteiger partial charge on any atom is -0.246 e. The Balaban J connectivity index is 3.29. The van der Waals surface area contributed by atoms with E-state index in [4.69, 9.17) is 11.6 Å². The van der Waals surface area contributed by atoms with E-state index in [-0.39, 0.29) is 11.4 Å². The Hall–Kier alpha value is -0.220. The minimum atomic E-state index is -2.51. The average Bonchev–Trinajstić information content (AvgIpc) is 2.02. The lowest BCUT2D eigenvalue weighted by Crippen LogP contribution is -1.98. The fourth-order valence-electron chi connectivity index (χ4n) is 1.01. The molecule has 1 aromatic rings. The van der Waals surface area contributed by atoms with Crippen molar-refractivity contribution in [3.05, 3.63) is 27.5 Å². The number of rotatable bonds is 2. The molecule has 0 aliphatic heterocycles. The number of hydrogen-bond donors (Lipinski definition) is 0. The summed E-state index contributed by atoms with van der Waals surface area (Å²) in [5, 5.41) is 0. The van der Waals surface area contributed by atoms with E-state index in [9.17, 15) is 8.78 Å². The summed E-state index contributed by atoms with van der Waals surface area (Å²) in [5.74, 6) is 0.0353. The SMILES string of the molecule is Cc1cc(C(F)F)c(CCl)c(Br)n1. The third-order valence-electron chi connectivity index (χ3n) is 1.61. The van der Waals surface area contributed by atoms with Crippen molar-refractivity contribution in [3.63, 3.8) is 0 Å². The molecule has 1 heterocycles. The molecule has 0 N–H and O–H groups in total. The number of hydrogen-bond acceptors (Lipinski definition) is 1. The quantitative estimate of drug-likeness (QED) is 0.588. The molecule has 0 radical (unpaired) electrons. The van der Waals surface area contributed by atoms with Crippen molar-refractivity contribution in [1.82, 2.24) is 4.98 Å². The summed E-state index contributed by atoms with van der Waals surface area (Å²) in [6.45, 7) is 1.66. The van der Waals surface area contributed by atoms with Gasteiger partial charge in [0.2, 0.25) is 0 Å². The van der Waals surface area contributed by atoms with E-state index in [0.717, 1.165) is 0 Å². The van der Waals surface area contributed by atoms with Gasteiger partial charge in [-0.25, -0.2) is 13.8 Å². The second kappa shape index (κ2) is 4.33. The lowest BCUT2D eigenvalue weighted by atomic mass is 10.1. The molecule has 0 atom stereocenters. The molecule has 0 amide bonds. The molecule has 13 heavy (non-hydrogen) atoms. The lowest BCUT2D eigenvalue weighted by Gasteiger charge is -2.08. The molecule has 0 saturated carbocycles. The van der Waals surface area contributed by atoms with Crippen LogP contribution in [0.3, 0.4) is 0 Å². The molecular weight excluding hydrogens is 263 g/mol. The van der Waals surface area contributed by atoms with Crippen molar-refractivity contribution in [2.75, 3.05) is 0 Å². The molecule has 1 aromatic heterocycles. The van der Waals surface area contributed by atoms with Crippen molar-refractivity contribution < 1.29 is 8.78 Å². The second-order valence-electron chi connectivity index (χ2n) is 2.56. The Kier molecular flexibility index (Phi) is 3.62. The predicted octanol–water partition coefficient (Wildman–Crippen LogP) is 3.83. The molecule has 0 unspecified atom stereocenters. The third-order valence-corrected chi connectivity index (χ3v) is 2.53. The van der Waals surface area contributed by atoms with E-state index in [1.54, 1.807) is 6.92 Å². The van der Waals surface area contributed by atoms with Crippen LogP contribution in [0.2, 0.25) is 0 Å². The summed E-state index contributed by atoms with van der Waals surface area (Å²) in [7, 11) is 0. The number of alkyl halides is 3. The molecule has 0 bridgehead atoms. The Labute approximate surface area is 88.2 Å². The molecule has 5 heteroatoms. The van der Waals surface area contributed by atoms with Crippen LogP contribution in [0, 0.1) is 6.92 Å². The van der Waals surface area contributed by atoms with Crippen LogP contribution in [0.1, 0.15) is 23.2 Å². The summed E-state index contributed by atoms with van der Waals surface area (Å²) in [6, 6.07) is 1.35. The first kappa shape index (κ1) is 10.9. The highest BCUT2D eigenvalue weighted by Gasteiger charge is 2.16. The largest absolute Gasteiger partial charge is 0.264 e. The highest BCUT2D eigenvalue weighted by Crippen LogP contribution is 2.29. The van der Waals surface area contributed by atoms with E-state index in [1.165, 1.54) is 6.07 Å². The smallest absolute Gasteiger partial charge is 0.246 e. The lowest BCUT2D eigenvalue weighted by molar-refractivity contribution is 0.150. The standard InChI is InChI=1S/C8H7BrClF2N/c1-4-2-5(8(11)12)6(3-10)7(9)13-4/h2,8H,3H2,1H3. The fraction of sp³-hybridized carbons (Fsp3) is 0.375. The van der Waals surface area contributed by atoms with Crippen molar-refractivity contribution in [2.24, 2.45) is 0 Å². The molecular formula is C8H7BrClF2N. The van der Waals surface area contributed by atoms with Crippen LogP contribution in [0.25, 0.3) is 0 Å². The molecule has 1 rings (SSSR count). The van der Waals surface area contributed by atoms with Gasteiger partial charge in [-0.15, -0.1) is 11.6 Å². The first-order valence-corrected chi connectivity index (χ1v) is 4.89. The first-order valence-electron chi connectivity index (χ1n) is 3.56. The zero-order valence-electron chi connectivity index (χ0n) is 6.82. The van der Waals surface area contributed by atoms with E-state index < -0.39 is 6.43 Å². The van der Waals surface area contributed by atoms with Crippen LogP contribution in [0.5, 0.6) is 0 Å². The third kappa shape index (κ3) is 2.38. The van der Waals surface area contributed by atoms with Gasteiger partial charge < -0.3 is 0 Å². The van der Waals surface area contributed by atoms with Crippen LogP contribution >= 0.6 is 27.5 Å². The number of nitrogens with zero attached hydrogens (tertiary/aromatic N) is 1. The molecule has 0 aliphatic carbocycles. The maximum absolute atomic E-state index is 12.5. The van der Waals surface area contributed by atoms with E-state index in [2.05, 4.69) is 20.9 Å². The first-order chi connectivity index (χ1) is 6.06. The van der Waals surface area contributed by atoms with Gasteiger partial charge >= 0.3 is 0 Å². The van der Waals surface area contributed by atoms with Crippen LogP contribution in [-0.2, 0) is 5.88 Å². The van der Waals surface area contributed by atoms with Gasteiger partial charge in [0.25, 0.3) is 6.43 Å². The fourth-order valence-corrected chi connectivity index (χ4v) is 2.10. The summed E-state index contributed by atoms with van der Waals surface area (Å²) >= 11 is 8.63. The summed E-state index contributed by atoms with van der Waals surface area (Å²) in [5.41, 5.74) is 0.868. The summed E-state index contributed by atoms with van der Waals surface area (Å²) in [6.07, 6.45) is -2.51. The van der Waals surface area contributed by atoms with E-state index in [1.807, 2.05) is 0 Å². The Bertz CT molecular complexity index is 317. The number of aryl methyl sites for hydroxylation is 1. The molecule has 0 fully saturated rings. The zero-order chi connectivity index (χ0) is 10.0. The maximum Gasteiger partial charge on any atom is 0.264 e. The van der Waals surface area contributed by atoms with Gasteiger partial charge in [-0.05, 0) is 28.9 Å². The van der Waals surface area contributed by atoms with Gasteiger partial charge in [-0.3, -0.25) is 0 Å². The zero-order valence-corrected chi connectivity index (χ0v) is 9.16. The highest BCUT2D eigenvalue weighted by atomic mass is 79.9. The predicted molar refractivity (Wildman–Crippen MR) is 51.2 cm³/mol. The molecule has 1 nitrogen and oxygen atoms in total. The average molecular weight is 271 g/mol. The van der Waals surface area contributed by atoms with Gasteiger partial charge in [-0.1, -0.05) is 0 Å². The highest BCUT2D eigenvalue weighted by molar-refractivity contribution is 9.10. The Morgan fingerprint density at radius 2 is 2.23 bits per heavy atom. The molecule has 0 aliphatic rings. The van der Waals surface area contributed by atoms with Crippen LogP contribution < -0.4 is 0 Å². The maximum atomic E-state index is 12.5. The van der Waals surface area contributed by atoms with Crippen molar-refractivity contribution in [1.29, 1.82) is 0 Å². The van der Waals surface area contributed by atoms with Crippen LogP contribution in [0.15, 0.2) is 10.7 Å². The van der Waals surface area contributed by atoms with Crippen molar-refractivity contribution >= 4 is 27.5 Å². The molecule has 0 aromatic carbocycles. The topological polar surface area (TPSA) is 12.9 Å². The van der Waals surface area contributed by atoms with Gasteiger partial charge in [0.15, 0.2) is 0 Å². The second-order valence-corrected chi connectivity index (χ2v) is 3.57. The molecule has 72 valence electrons.